The molecule has 2 N–H and O–H groups in total. The van der Waals surface area contributed by atoms with E-state index < -0.39 is 12.0 Å². The Hall–Kier alpha value is -1.35. The lowest BCUT2D eigenvalue weighted by Crippen LogP contribution is -2.90. The lowest BCUT2D eigenvalue weighted by atomic mass is 9.92. The van der Waals surface area contributed by atoms with Gasteiger partial charge in [-0.05, 0) is 5.56 Å². The minimum absolute atomic E-state index is 0.112. The van der Waals surface area contributed by atoms with E-state index in [9.17, 15) is 9.90 Å². The molecule has 0 aromatic heterocycles. The van der Waals surface area contributed by atoms with Crippen LogP contribution in [0.3, 0.4) is 0 Å². The molecule has 1 aromatic rings. The van der Waals surface area contributed by atoms with Gasteiger partial charge in [-0.1, -0.05) is 30.3 Å². The standard InChI is InChI=1S/C11H13NO2/c13-11(14)10-9(6-7-12-10)8-4-2-1-3-5-8/h1-5,9-10,12H,6-7H2,(H,13,14)/t9-,10+/m1/s1. The highest BCUT2D eigenvalue weighted by Gasteiger charge is 2.32. The van der Waals surface area contributed by atoms with E-state index in [1.807, 2.05) is 35.6 Å². The predicted octanol–water partition coefficient (Wildman–Crippen LogP) is -1.14. The van der Waals surface area contributed by atoms with Crippen LogP contribution < -0.4 is 10.4 Å². The van der Waals surface area contributed by atoms with E-state index in [1.54, 1.807) is 0 Å². The Morgan fingerprint density at radius 3 is 2.71 bits per heavy atom. The fourth-order valence-electron chi connectivity index (χ4n) is 2.13. The van der Waals surface area contributed by atoms with Gasteiger partial charge >= 0.3 is 0 Å². The molecule has 0 aliphatic carbocycles. The highest BCUT2D eigenvalue weighted by atomic mass is 16.4. The molecule has 0 saturated carbocycles. The SMILES string of the molecule is O=C([O-])[C@H]1[NH2+]CC[C@@H]1c1ccccc1. The van der Waals surface area contributed by atoms with E-state index in [0.717, 1.165) is 18.5 Å². The summed E-state index contributed by atoms with van der Waals surface area (Å²) in [6.45, 7) is 0.873. The van der Waals surface area contributed by atoms with Crippen molar-refractivity contribution >= 4 is 5.97 Å². The second-order valence-electron chi connectivity index (χ2n) is 3.68. The summed E-state index contributed by atoms with van der Waals surface area (Å²) >= 11 is 0. The van der Waals surface area contributed by atoms with Gasteiger partial charge in [0.1, 0.15) is 6.04 Å². The number of hydrogen-bond acceptors (Lipinski definition) is 2. The average Bonchev–Trinajstić information content (AvgIpc) is 2.67. The molecule has 2 atom stereocenters. The molecule has 1 saturated heterocycles. The molecule has 1 fully saturated rings. The summed E-state index contributed by atoms with van der Waals surface area (Å²) in [5, 5.41) is 12.7. The molecule has 0 spiro atoms. The summed E-state index contributed by atoms with van der Waals surface area (Å²) in [4.78, 5) is 10.8. The number of aliphatic carboxylic acids is 1. The van der Waals surface area contributed by atoms with Gasteiger partial charge in [0.2, 0.25) is 0 Å². The molecule has 3 heteroatoms. The zero-order valence-electron chi connectivity index (χ0n) is 7.85. The summed E-state index contributed by atoms with van der Waals surface area (Å²) in [7, 11) is 0. The third-order valence-corrected chi connectivity index (χ3v) is 2.83. The van der Waals surface area contributed by atoms with Gasteiger partial charge in [0.15, 0.2) is 0 Å². The van der Waals surface area contributed by atoms with Crippen LogP contribution in [-0.4, -0.2) is 18.6 Å². The molecule has 74 valence electrons. The minimum atomic E-state index is -0.948. The van der Waals surface area contributed by atoms with Crippen LogP contribution in [-0.2, 0) is 4.79 Å². The zero-order valence-corrected chi connectivity index (χ0v) is 7.85. The van der Waals surface area contributed by atoms with E-state index in [0.29, 0.717) is 0 Å². The fourth-order valence-corrected chi connectivity index (χ4v) is 2.13. The van der Waals surface area contributed by atoms with Gasteiger partial charge in [0, 0.05) is 12.3 Å². The second kappa shape index (κ2) is 3.80. The Balaban J connectivity index is 2.22. The van der Waals surface area contributed by atoms with E-state index in [2.05, 4.69) is 0 Å². The van der Waals surface area contributed by atoms with Crippen LogP contribution in [0.2, 0.25) is 0 Å². The van der Waals surface area contributed by atoms with Crippen LogP contribution in [0, 0.1) is 0 Å². The number of quaternary nitrogens is 1. The normalized spacial score (nSPS) is 26.3. The number of carbonyl (C=O) groups excluding carboxylic acids is 1. The number of nitrogens with two attached hydrogens (primary N) is 1. The molecule has 0 amide bonds. The van der Waals surface area contributed by atoms with Crippen molar-refractivity contribution in [3.63, 3.8) is 0 Å². The van der Waals surface area contributed by atoms with Crippen LogP contribution in [0.1, 0.15) is 17.9 Å². The molecule has 3 nitrogen and oxygen atoms in total. The van der Waals surface area contributed by atoms with Gasteiger partial charge in [-0.25, -0.2) is 0 Å². The molecular formula is C11H13NO2. The molecular weight excluding hydrogens is 178 g/mol. The Morgan fingerprint density at radius 1 is 1.36 bits per heavy atom. The van der Waals surface area contributed by atoms with E-state index in [1.165, 1.54) is 0 Å². The number of carbonyl (C=O) groups is 1. The number of hydrogen-bond donors (Lipinski definition) is 1. The first-order valence-electron chi connectivity index (χ1n) is 4.88. The van der Waals surface area contributed by atoms with Gasteiger partial charge in [-0.3, -0.25) is 0 Å². The Labute approximate surface area is 82.8 Å². The summed E-state index contributed by atoms with van der Waals surface area (Å²) in [6, 6.07) is 9.40. The molecule has 0 unspecified atom stereocenters. The molecule has 14 heavy (non-hydrogen) atoms. The lowest BCUT2D eigenvalue weighted by Gasteiger charge is -2.17. The maximum Gasteiger partial charge on any atom is 0.133 e. The van der Waals surface area contributed by atoms with Gasteiger partial charge in [-0.15, -0.1) is 0 Å². The zero-order chi connectivity index (χ0) is 9.97. The number of carboxylic acids is 1. The van der Waals surface area contributed by atoms with Gasteiger partial charge < -0.3 is 15.2 Å². The van der Waals surface area contributed by atoms with Crippen LogP contribution in [0.15, 0.2) is 30.3 Å². The number of carboxylic acid groups (broad SMARTS) is 1. The number of benzene rings is 1. The number of rotatable bonds is 2. The third kappa shape index (κ3) is 1.63. The monoisotopic (exact) mass is 191 g/mol. The fraction of sp³-hybridized carbons (Fsp3) is 0.364. The summed E-state index contributed by atoms with van der Waals surface area (Å²) in [5.74, 6) is -0.836. The van der Waals surface area contributed by atoms with Gasteiger partial charge in [-0.2, -0.15) is 0 Å². The Bertz CT molecular complexity index is 323. The Morgan fingerprint density at radius 2 is 2.07 bits per heavy atom. The predicted molar refractivity (Wildman–Crippen MR) is 49.4 cm³/mol. The van der Waals surface area contributed by atoms with E-state index in [-0.39, 0.29) is 5.92 Å². The smallest absolute Gasteiger partial charge is 0.133 e. The van der Waals surface area contributed by atoms with Crippen molar-refractivity contribution in [3.8, 4) is 0 Å². The quantitative estimate of drug-likeness (QED) is 0.642. The highest BCUT2D eigenvalue weighted by molar-refractivity contribution is 5.71. The third-order valence-electron chi connectivity index (χ3n) is 2.83. The molecule has 1 aliphatic rings. The van der Waals surface area contributed by atoms with E-state index >= 15 is 0 Å². The first kappa shape index (κ1) is 9.21. The molecule has 0 bridgehead atoms. The van der Waals surface area contributed by atoms with Crippen molar-refractivity contribution in [2.45, 2.75) is 18.4 Å². The van der Waals surface area contributed by atoms with Crippen LogP contribution >= 0.6 is 0 Å². The van der Waals surface area contributed by atoms with Crippen LogP contribution in [0.25, 0.3) is 0 Å². The van der Waals surface area contributed by atoms with Crippen LogP contribution in [0.4, 0.5) is 0 Å². The average molecular weight is 191 g/mol. The molecule has 2 rings (SSSR count). The van der Waals surface area contributed by atoms with Crippen molar-refractivity contribution in [2.75, 3.05) is 6.54 Å². The molecule has 0 radical (unpaired) electrons. The van der Waals surface area contributed by atoms with Gasteiger partial charge in [0.05, 0.1) is 12.5 Å². The molecule has 1 heterocycles. The second-order valence-corrected chi connectivity index (χ2v) is 3.68. The maximum atomic E-state index is 10.8. The van der Waals surface area contributed by atoms with Crippen molar-refractivity contribution < 1.29 is 15.2 Å². The first-order chi connectivity index (χ1) is 6.79. The molecule has 1 aliphatic heterocycles. The summed E-state index contributed by atoms with van der Waals surface area (Å²) in [6.07, 6.45) is 0.919. The summed E-state index contributed by atoms with van der Waals surface area (Å²) < 4.78 is 0. The minimum Gasteiger partial charge on any atom is -0.544 e. The largest absolute Gasteiger partial charge is 0.544 e. The lowest BCUT2D eigenvalue weighted by molar-refractivity contribution is -0.665. The van der Waals surface area contributed by atoms with Crippen molar-refractivity contribution in [1.29, 1.82) is 0 Å². The van der Waals surface area contributed by atoms with E-state index in [4.69, 9.17) is 0 Å². The van der Waals surface area contributed by atoms with Crippen molar-refractivity contribution in [2.24, 2.45) is 0 Å². The van der Waals surface area contributed by atoms with Crippen molar-refractivity contribution in [3.05, 3.63) is 35.9 Å². The van der Waals surface area contributed by atoms with Gasteiger partial charge in [0.25, 0.3) is 0 Å². The highest BCUT2D eigenvalue weighted by Crippen LogP contribution is 2.23. The first-order valence-corrected chi connectivity index (χ1v) is 4.88. The van der Waals surface area contributed by atoms with Crippen LogP contribution in [0.5, 0.6) is 0 Å². The summed E-state index contributed by atoms with van der Waals surface area (Å²) in [5.41, 5.74) is 1.11. The topological polar surface area (TPSA) is 56.7 Å². The molecule has 1 aromatic carbocycles. The Kier molecular flexibility index (Phi) is 2.50. The maximum absolute atomic E-state index is 10.8. The van der Waals surface area contributed by atoms with Crippen molar-refractivity contribution in [1.82, 2.24) is 0 Å².